The zero-order chi connectivity index (χ0) is 13.0. The Morgan fingerprint density at radius 3 is 2.28 bits per heavy atom. The van der Waals surface area contributed by atoms with Crippen LogP contribution >= 0.6 is 0 Å². The summed E-state index contributed by atoms with van der Waals surface area (Å²) < 4.78 is 13.6. The van der Waals surface area contributed by atoms with Crippen LogP contribution in [0.15, 0.2) is 54.6 Å². The molecule has 0 amide bonds. The minimum atomic E-state index is -0.173. The summed E-state index contributed by atoms with van der Waals surface area (Å²) in [6.07, 6.45) is 0.558. The second-order valence-electron chi connectivity index (χ2n) is 4.66. The molecule has 18 heavy (non-hydrogen) atoms. The van der Waals surface area contributed by atoms with Gasteiger partial charge < -0.3 is 5.73 Å². The number of rotatable bonds is 4. The Balaban J connectivity index is 2.09. The summed E-state index contributed by atoms with van der Waals surface area (Å²) >= 11 is 0. The molecule has 1 nitrogen and oxygen atoms in total. The third-order valence-electron chi connectivity index (χ3n) is 3.38. The molecular weight excluding hydrogens is 225 g/mol. The van der Waals surface area contributed by atoms with Crippen LogP contribution in [0.2, 0.25) is 0 Å². The van der Waals surface area contributed by atoms with Crippen molar-refractivity contribution < 1.29 is 4.39 Å². The summed E-state index contributed by atoms with van der Waals surface area (Å²) in [5, 5.41) is 0. The lowest BCUT2D eigenvalue weighted by molar-refractivity contribution is 0.539. The minimum Gasteiger partial charge on any atom is -0.327 e. The first-order valence-electron chi connectivity index (χ1n) is 6.22. The number of nitrogens with two attached hydrogens (primary N) is 1. The lowest BCUT2D eigenvalue weighted by atomic mass is 9.90. The second kappa shape index (κ2) is 5.78. The molecular formula is C16H18FN. The van der Waals surface area contributed by atoms with Crippen LogP contribution in [0.25, 0.3) is 0 Å². The quantitative estimate of drug-likeness (QED) is 0.874. The molecule has 0 spiro atoms. The van der Waals surface area contributed by atoms with E-state index in [1.54, 1.807) is 12.1 Å². The Labute approximate surface area is 107 Å². The van der Waals surface area contributed by atoms with Gasteiger partial charge in [-0.3, -0.25) is 0 Å². The molecule has 2 N–H and O–H groups in total. The van der Waals surface area contributed by atoms with Crippen LogP contribution in [0.3, 0.4) is 0 Å². The molecule has 2 atom stereocenters. The second-order valence-corrected chi connectivity index (χ2v) is 4.66. The van der Waals surface area contributed by atoms with Crippen LogP contribution in [0.5, 0.6) is 0 Å². The van der Waals surface area contributed by atoms with Crippen LogP contribution in [0, 0.1) is 5.82 Å². The Morgan fingerprint density at radius 1 is 1.00 bits per heavy atom. The van der Waals surface area contributed by atoms with Gasteiger partial charge in [-0.05, 0) is 29.5 Å². The van der Waals surface area contributed by atoms with Crippen LogP contribution in [-0.4, -0.2) is 6.04 Å². The van der Waals surface area contributed by atoms with E-state index in [-0.39, 0.29) is 17.8 Å². The summed E-state index contributed by atoms with van der Waals surface area (Å²) in [6.45, 7) is 2.08. The summed E-state index contributed by atoms with van der Waals surface area (Å²) in [5.41, 5.74) is 8.07. The molecule has 0 aliphatic carbocycles. The fourth-order valence-electron chi connectivity index (χ4n) is 2.10. The standard InChI is InChI=1S/C16H18FN/c1-12(13-7-3-2-4-8-13)16(18)11-14-9-5-6-10-15(14)17/h2-10,12,16H,11,18H2,1H3. The Bertz CT molecular complexity index is 495. The molecule has 2 rings (SSSR count). The van der Waals surface area contributed by atoms with Crippen molar-refractivity contribution in [3.8, 4) is 0 Å². The van der Waals surface area contributed by atoms with Crippen LogP contribution in [0.1, 0.15) is 24.0 Å². The predicted molar refractivity (Wildman–Crippen MR) is 72.9 cm³/mol. The maximum atomic E-state index is 13.6. The van der Waals surface area contributed by atoms with Crippen molar-refractivity contribution in [2.24, 2.45) is 5.73 Å². The highest BCUT2D eigenvalue weighted by Gasteiger charge is 2.16. The van der Waals surface area contributed by atoms with Gasteiger partial charge in [0.15, 0.2) is 0 Å². The van der Waals surface area contributed by atoms with E-state index in [0.717, 1.165) is 0 Å². The highest BCUT2D eigenvalue weighted by Crippen LogP contribution is 2.21. The summed E-state index contributed by atoms with van der Waals surface area (Å²) in [7, 11) is 0. The molecule has 2 aromatic carbocycles. The Hall–Kier alpha value is -1.67. The third kappa shape index (κ3) is 2.96. The summed E-state index contributed by atoms with van der Waals surface area (Å²) in [5.74, 6) is 0.0408. The van der Waals surface area contributed by atoms with Gasteiger partial charge in [-0.25, -0.2) is 4.39 Å². The smallest absolute Gasteiger partial charge is 0.126 e. The molecule has 0 saturated heterocycles. The molecule has 0 saturated carbocycles. The molecule has 0 aliphatic rings. The van der Waals surface area contributed by atoms with E-state index >= 15 is 0 Å². The molecule has 0 aliphatic heterocycles. The maximum absolute atomic E-state index is 13.6. The molecule has 0 heterocycles. The zero-order valence-corrected chi connectivity index (χ0v) is 10.5. The minimum absolute atomic E-state index is 0.0794. The topological polar surface area (TPSA) is 26.0 Å². The largest absolute Gasteiger partial charge is 0.327 e. The van der Waals surface area contributed by atoms with Gasteiger partial charge in [0.1, 0.15) is 5.82 Å². The average Bonchev–Trinajstić information content (AvgIpc) is 2.41. The van der Waals surface area contributed by atoms with E-state index in [1.165, 1.54) is 11.6 Å². The third-order valence-corrected chi connectivity index (χ3v) is 3.38. The number of halogens is 1. The zero-order valence-electron chi connectivity index (χ0n) is 10.5. The molecule has 0 fully saturated rings. The molecule has 94 valence electrons. The van der Waals surface area contributed by atoms with Crippen molar-refractivity contribution in [2.45, 2.75) is 25.3 Å². The van der Waals surface area contributed by atoms with Crippen molar-refractivity contribution in [1.29, 1.82) is 0 Å². The summed E-state index contributed by atoms with van der Waals surface area (Å²) in [6, 6.07) is 16.9. The van der Waals surface area contributed by atoms with E-state index in [0.29, 0.717) is 12.0 Å². The van der Waals surface area contributed by atoms with E-state index < -0.39 is 0 Å². The molecule has 0 bridgehead atoms. The highest BCUT2D eigenvalue weighted by atomic mass is 19.1. The molecule has 2 aromatic rings. The molecule has 0 aromatic heterocycles. The van der Waals surface area contributed by atoms with Crippen LogP contribution in [-0.2, 0) is 6.42 Å². The van der Waals surface area contributed by atoms with Gasteiger partial charge in [-0.15, -0.1) is 0 Å². The van der Waals surface area contributed by atoms with Crippen LogP contribution < -0.4 is 5.73 Å². The fourth-order valence-corrected chi connectivity index (χ4v) is 2.10. The van der Waals surface area contributed by atoms with Gasteiger partial charge in [-0.2, -0.15) is 0 Å². The van der Waals surface area contributed by atoms with Crippen LogP contribution in [0.4, 0.5) is 4.39 Å². The number of benzene rings is 2. The lowest BCUT2D eigenvalue weighted by Gasteiger charge is -2.20. The monoisotopic (exact) mass is 243 g/mol. The van der Waals surface area contributed by atoms with Crippen molar-refractivity contribution in [2.75, 3.05) is 0 Å². The van der Waals surface area contributed by atoms with E-state index in [4.69, 9.17) is 5.73 Å². The van der Waals surface area contributed by atoms with E-state index in [1.807, 2.05) is 24.3 Å². The van der Waals surface area contributed by atoms with Crippen molar-refractivity contribution in [3.05, 3.63) is 71.5 Å². The van der Waals surface area contributed by atoms with Crippen molar-refractivity contribution in [3.63, 3.8) is 0 Å². The lowest BCUT2D eigenvalue weighted by Crippen LogP contribution is -2.29. The molecule has 2 heteroatoms. The van der Waals surface area contributed by atoms with Gasteiger partial charge in [0.25, 0.3) is 0 Å². The molecule has 0 radical (unpaired) electrons. The maximum Gasteiger partial charge on any atom is 0.126 e. The van der Waals surface area contributed by atoms with Crippen molar-refractivity contribution in [1.82, 2.24) is 0 Å². The van der Waals surface area contributed by atoms with Gasteiger partial charge in [0, 0.05) is 6.04 Å². The Morgan fingerprint density at radius 2 is 1.61 bits per heavy atom. The van der Waals surface area contributed by atoms with Gasteiger partial charge in [0.05, 0.1) is 0 Å². The highest BCUT2D eigenvalue weighted by molar-refractivity contribution is 5.23. The van der Waals surface area contributed by atoms with Gasteiger partial charge >= 0.3 is 0 Å². The average molecular weight is 243 g/mol. The van der Waals surface area contributed by atoms with E-state index in [2.05, 4.69) is 19.1 Å². The molecule has 2 unspecified atom stereocenters. The first-order valence-corrected chi connectivity index (χ1v) is 6.22. The predicted octanol–water partition coefficient (Wildman–Crippen LogP) is 3.50. The van der Waals surface area contributed by atoms with Gasteiger partial charge in [-0.1, -0.05) is 55.5 Å². The number of hydrogen-bond acceptors (Lipinski definition) is 1. The SMILES string of the molecule is CC(c1ccccc1)C(N)Cc1ccccc1F. The first-order chi connectivity index (χ1) is 8.68. The fraction of sp³-hybridized carbons (Fsp3) is 0.250. The number of hydrogen-bond donors (Lipinski definition) is 1. The first kappa shape index (κ1) is 12.8. The van der Waals surface area contributed by atoms with Crippen molar-refractivity contribution >= 4 is 0 Å². The summed E-state index contributed by atoms with van der Waals surface area (Å²) in [4.78, 5) is 0. The normalized spacial score (nSPS) is 14.2. The Kier molecular flexibility index (Phi) is 4.11. The van der Waals surface area contributed by atoms with E-state index in [9.17, 15) is 4.39 Å². The van der Waals surface area contributed by atoms with Gasteiger partial charge in [0.2, 0.25) is 0 Å².